The number of aromatic nitrogens is 1. The lowest BCUT2D eigenvalue weighted by Gasteiger charge is -2.13. The zero-order chi connectivity index (χ0) is 11.6. The van der Waals surface area contributed by atoms with Gasteiger partial charge in [-0.15, -0.1) is 11.3 Å². The predicted molar refractivity (Wildman–Crippen MR) is 64.1 cm³/mol. The summed E-state index contributed by atoms with van der Waals surface area (Å²) in [5.74, 6) is -0.959. The molecule has 88 valence electrons. The summed E-state index contributed by atoms with van der Waals surface area (Å²) in [5.41, 5.74) is 0.594. The monoisotopic (exact) mass is 240 g/mol. The first kappa shape index (κ1) is 11.4. The van der Waals surface area contributed by atoms with Crippen LogP contribution in [-0.2, 0) is 0 Å². The number of aromatic carboxylic acids is 1. The zero-order valence-electron chi connectivity index (χ0n) is 9.32. The molecule has 0 spiro atoms. The van der Waals surface area contributed by atoms with E-state index in [4.69, 9.17) is 5.11 Å². The molecule has 5 heteroatoms. The molecule has 1 aromatic rings. The van der Waals surface area contributed by atoms with E-state index in [2.05, 4.69) is 17.2 Å². The molecule has 1 aromatic heterocycles. The van der Waals surface area contributed by atoms with Crippen molar-refractivity contribution in [3.63, 3.8) is 0 Å². The molecular formula is C11H16N2O2S. The van der Waals surface area contributed by atoms with Gasteiger partial charge < -0.3 is 10.4 Å². The van der Waals surface area contributed by atoms with E-state index < -0.39 is 5.97 Å². The first-order valence-corrected chi connectivity index (χ1v) is 6.46. The van der Waals surface area contributed by atoms with Crippen LogP contribution in [0.2, 0.25) is 0 Å². The van der Waals surface area contributed by atoms with Gasteiger partial charge in [0.25, 0.3) is 0 Å². The summed E-state index contributed by atoms with van der Waals surface area (Å²) in [4.78, 5) is 14.7. The summed E-state index contributed by atoms with van der Waals surface area (Å²) in [6.07, 6.45) is 5.02. The summed E-state index contributed by atoms with van der Waals surface area (Å²) < 4.78 is 0. The van der Waals surface area contributed by atoms with Gasteiger partial charge in [0.2, 0.25) is 0 Å². The second kappa shape index (κ2) is 4.41. The van der Waals surface area contributed by atoms with Crippen LogP contribution in [0.5, 0.6) is 0 Å². The molecule has 2 N–H and O–H groups in total. The van der Waals surface area contributed by atoms with E-state index in [0.29, 0.717) is 5.41 Å². The third kappa shape index (κ3) is 2.52. The number of hydrogen-bond acceptors (Lipinski definition) is 4. The minimum atomic E-state index is -0.959. The van der Waals surface area contributed by atoms with Crippen LogP contribution >= 0.6 is 11.3 Å². The van der Waals surface area contributed by atoms with Gasteiger partial charge >= 0.3 is 5.97 Å². The standard InChI is InChI=1S/C11H16N2O2S/c1-2-3-11(4-5-11)7-12-10-13-8(6-16-10)9(14)15/h6H,2-5,7H2,1H3,(H,12,13)(H,14,15). The first-order valence-electron chi connectivity index (χ1n) is 5.58. The van der Waals surface area contributed by atoms with Gasteiger partial charge in [-0.1, -0.05) is 13.3 Å². The second-order valence-electron chi connectivity index (χ2n) is 4.45. The van der Waals surface area contributed by atoms with Crippen molar-refractivity contribution in [1.29, 1.82) is 0 Å². The fraction of sp³-hybridized carbons (Fsp3) is 0.636. The molecule has 1 aliphatic carbocycles. The summed E-state index contributed by atoms with van der Waals surface area (Å²) in [6.45, 7) is 3.12. The maximum atomic E-state index is 10.6. The highest BCUT2D eigenvalue weighted by atomic mass is 32.1. The quantitative estimate of drug-likeness (QED) is 0.802. The van der Waals surface area contributed by atoms with Crippen molar-refractivity contribution in [3.05, 3.63) is 11.1 Å². The van der Waals surface area contributed by atoms with Crippen LogP contribution in [0.25, 0.3) is 0 Å². The Morgan fingerprint density at radius 2 is 2.44 bits per heavy atom. The van der Waals surface area contributed by atoms with Gasteiger partial charge in [-0.3, -0.25) is 0 Å². The molecule has 0 amide bonds. The van der Waals surface area contributed by atoms with Crippen LogP contribution in [0.1, 0.15) is 43.1 Å². The van der Waals surface area contributed by atoms with Gasteiger partial charge in [0.15, 0.2) is 10.8 Å². The van der Waals surface area contributed by atoms with Gasteiger partial charge in [0.1, 0.15) is 0 Å². The number of nitrogens with zero attached hydrogens (tertiary/aromatic N) is 1. The van der Waals surface area contributed by atoms with Crippen LogP contribution < -0.4 is 5.32 Å². The third-order valence-corrected chi connectivity index (χ3v) is 3.88. The van der Waals surface area contributed by atoms with E-state index >= 15 is 0 Å². The van der Waals surface area contributed by atoms with Gasteiger partial charge in [-0.05, 0) is 24.7 Å². The molecule has 1 aliphatic rings. The molecule has 2 rings (SSSR count). The number of carbonyl (C=O) groups is 1. The van der Waals surface area contributed by atoms with E-state index in [9.17, 15) is 4.79 Å². The summed E-state index contributed by atoms with van der Waals surface area (Å²) in [6, 6.07) is 0. The lowest BCUT2D eigenvalue weighted by molar-refractivity contribution is 0.0691. The van der Waals surface area contributed by atoms with Crippen molar-refractivity contribution >= 4 is 22.4 Å². The molecule has 0 radical (unpaired) electrons. The Morgan fingerprint density at radius 3 is 2.94 bits per heavy atom. The highest BCUT2D eigenvalue weighted by Gasteiger charge is 2.41. The number of thiazole rings is 1. The highest BCUT2D eigenvalue weighted by Crippen LogP contribution is 2.49. The van der Waals surface area contributed by atoms with Crippen molar-refractivity contribution in [3.8, 4) is 0 Å². The Kier molecular flexibility index (Phi) is 3.14. The fourth-order valence-electron chi connectivity index (χ4n) is 1.94. The molecule has 1 saturated carbocycles. The van der Waals surface area contributed by atoms with Crippen LogP contribution in [-0.4, -0.2) is 22.6 Å². The molecule has 1 fully saturated rings. The highest BCUT2D eigenvalue weighted by molar-refractivity contribution is 7.13. The summed E-state index contributed by atoms with van der Waals surface area (Å²) >= 11 is 1.36. The lowest BCUT2D eigenvalue weighted by atomic mass is 10.0. The average Bonchev–Trinajstić information content (AvgIpc) is 2.84. The number of hydrogen-bond donors (Lipinski definition) is 2. The molecule has 16 heavy (non-hydrogen) atoms. The third-order valence-electron chi connectivity index (χ3n) is 3.08. The Labute approximate surface area is 98.7 Å². The SMILES string of the molecule is CCCC1(CNc2nc(C(=O)O)cs2)CC1. The van der Waals surface area contributed by atoms with Crippen molar-refractivity contribution in [1.82, 2.24) is 4.98 Å². The normalized spacial score (nSPS) is 17.1. The number of carboxylic acid groups (broad SMARTS) is 1. The van der Waals surface area contributed by atoms with Crippen molar-refractivity contribution in [2.24, 2.45) is 5.41 Å². The number of anilines is 1. The topological polar surface area (TPSA) is 62.2 Å². The Balaban J connectivity index is 1.87. The number of rotatable bonds is 6. The van der Waals surface area contributed by atoms with Crippen molar-refractivity contribution in [2.75, 3.05) is 11.9 Å². The second-order valence-corrected chi connectivity index (χ2v) is 5.30. The minimum absolute atomic E-state index is 0.132. The molecule has 0 unspecified atom stereocenters. The molecule has 0 bridgehead atoms. The molecule has 1 heterocycles. The Morgan fingerprint density at radius 1 is 1.69 bits per heavy atom. The van der Waals surface area contributed by atoms with Crippen molar-refractivity contribution < 1.29 is 9.90 Å². The van der Waals surface area contributed by atoms with Crippen LogP contribution in [0.4, 0.5) is 5.13 Å². The van der Waals surface area contributed by atoms with E-state index in [-0.39, 0.29) is 5.69 Å². The largest absolute Gasteiger partial charge is 0.476 e. The molecule has 0 saturated heterocycles. The predicted octanol–water partition coefficient (Wildman–Crippen LogP) is 2.83. The Hall–Kier alpha value is -1.10. The van der Waals surface area contributed by atoms with E-state index in [1.165, 1.54) is 37.0 Å². The molecule has 0 aromatic carbocycles. The van der Waals surface area contributed by atoms with Gasteiger partial charge in [0, 0.05) is 11.9 Å². The maximum absolute atomic E-state index is 10.6. The molecular weight excluding hydrogens is 224 g/mol. The Bertz CT molecular complexity index is 385. The van der Waals surface area contributed by atoms with Gasteiger partial charge in [-0.2, -0.15) is 0 Å². The summed E-state index contributed by atoms with van der Waals surface area (Å²) in [7, 11) is 0. The fourth-order valence-corrected chi connectivity index (χ4v) is 2.62. The van der Waals surface area contributed by atoms with E-state index in [1.54, 1.807) is 5.38 Å². The first-order chi connectivity index (χ1) is 7.65. The van der Waals surface area contributed by atoms with Crippen LogP contribution in [0.3, 0.4) is 0 Å². The smallest absolute Gasteiger partial charge is 0.355 e. The molecule has 0 aliphatic heterocycles. The maximum Gasteiger partial charge on any atom is 0.355 e. The van der Waals surface area contributed by atoms with E-state index in [0.717, 1.165) is 11.7 Å². The molecule has 0 atom stereocenters. The van der Waals surface area contributed by atoms with Crippen molar-refractivity contribution in [2.45, 2.75) is 32.6 Å². The van der Waals surface area contributed by atoms with Gasteiger partial charge in [-0.25, -0.2) is 9.78 Å². The van der Waals surface area contributed by atoms with Crippen LogP contribution in [0.15, 0.2) is 5.38 Å². The minimum Gasteiger partial charge on any atom is -0.476 e. The van der Waals surface area contributed by atoms with Crippen LogP contribution in [0, 0.1) is 5.41 Å². The zero-order valence-corrected chi connectivity index (χ0v) is 10.1. The summed E-state index contributed by atoms with van der Waals surface area (Å²) in [5, 5.41) is 14.3. The lowest BCUT2D eigenvalue weighted by Crippen LogP contribution is -2.15. The van der Waals surface area contributed by atoms with E-state index in [1.807, 2.05) is 0 Å². The average molecular weight is 240 g/mol. The molecule has 4 nitrogen and oxygen atoms in total. The van der Waals surface area contributed by atoms with Gasteiger partial charge in [0.05, 0.1) is 0 Å². The number of carboxylic acids is 1. The number of nitrogens with one attached hydrogen (secondary N) is 1.